The molecule has 0 amide bonds. The number of aromatic nitrogens is 1. The minimum Gasteiger partial charge on any atom is -0.474 e. The smallest absolute Gasteiger partial charge is 0.213 e. The van der Waals surface area contributed by atoms with Gasteiger partial charge in [0, 0.05) is 18.8 Å². The highest BCUT2D eigenvalue weighted by Gasteiger charge is 2.41. The molecule has 0 spiro atoms. The molecular formula is C21H32N4O2. The molecule has 2 N–H and O–H groups in total. The van der Waals surface area contributed by atoms with Crippen molar-refractivity contribution in [2.75, 3.05) is 6.54 Å². The third-order valence-corrected chi connectivity index (χ3v) is 5.83. The summed E-state index contributed by atoms with van der Waals surface area (Å²) in [6, 6.07) is 4.42. The van der Waals surface area contributed by atoms with Gasteiger partial charge in [0.25, 0.3) is 0 Å². The third-order valence-electron chi connectivity index (χ3n) is 5.83. The molecule has 4 rings (SSSR count). The fourth-order valence-corrected chi connectivity index (χ4v) is 4.38. The van der Waals surface area contributed by atoms with Gasteiger partial charge >= 0.3 is 0 Å². The molecule has 3 atom stereocenters. The molecule has 27 heavy (non-hydrogen) atoms. The zero-order valence-corrected chi connectivity index (χ0v) is 16.3. The van der Waals surface area contributed by atoms with Gasteiger partial charge < -0.3 is 20.1 Å². The van der Waals surface area contributed by atoms with Crippen molar-refractivity contribution < 1.29 is 9.47 Å². The second-order valence-electron chi connectivity index (χ2n) is 7.94. The fraction of sp³-hybridized carbons (Fsp3) is 0.714. The highest BCUT2D eigenvalue weighted by molar-refractivity contribution is 5.80. The van der Waals surface area contributed by atoms with Crippen LogP contribution in [0.15, 0.2) is 23.3 Å². The van der Waals surface area contributed by atoms with Gasteiger partial charge in [-0.25, -0.2) is 9.98 Å². The Bertz CT molecular complexity index is 628. The lowest BCUT2D eigenvalue weighted by Gasteiger charge is -2.23. The number of aliphatic imine (C=N–C) groups is 1. The van der Waals surface area contributed by atoms with Crippen molar-refractivity contribution in [1.29, 1.82) is 0 Å². The summed E-state index contributed by atoms with van der Waals surface area (Å²) in [4.78, 5) is 9.21. The summed E-state index contributed by atoms with van der Waals surface area (Å²) in [5, 5.41) is 6.90. The first-order valence-corrected chi connectivity index (χ1v) is 10.6. The maximum absolute atomic E-state index is 6.01. The number of nitrogens with one attached hydrogen (secondary N) is 2. The van der Waals surface area contributed by atoms with Gasteiger partial charge in [-0.2, -0.15) is 0 Å². The SMILES string of the molecule is CCNC(=NCc1ccc(OC2CCCCC2)nc1)NC1CC2CCC1O2. The maximum atomic E-state index is 6.01. The molecule has 0 aromatic carbocycles. The number of nitrogens with zero attached hydrogens (tertiary/aromatic N) is 2. The molecule has 1 aliphatic carbocycles. The van der Waals surface area contributed by atoms with Crippen molar-refractivity contribution in [2.45, 2.75) is 89.2 Å². The first kappa shape index (κ1) is 18.5. The van der Waals surface area contributed by atoms with Crippen molar-refractivity contribution in [3.05, 3.63) is 23.9 Å². The normalized spacial score (nSPS) is 28.3. The van der Waals surface area contributed by atoms with Crippen molar-refractivity contribution in [3.8, 4) is 5.88 Å². The van der Waals surface area contributed by atoms with E-state index in [0.29, 0.717) is 30.9 Å². The van der Waals surface area contributed by atoms with Gasteiger partial charge in [0.2, 0.25) is 5.88 Å². The number of rotatable bonds is 6. The predicted octanol–water partition coefficient (Wildman–Crippen LogP) is 3.17. The van der Waals surface area contributed by atoms with E-state index in [1.807, 2.05) is 12.3 Å². The van der Waals surface area contributed by atoms with E-state index in [0.717, 1.165) is 49.6 Å². The minimum absolute atomic E-state index is 0.337. The lowest BCUT2D eigenvalue weighted by atomic mass is 9.96. The van der Waals surface area contributed by atoms with Crippen LogP contribution in [0.1, 0.15) is 63.9 Å². The van der Waals surface area contributed by atoms with Crippen LogP contribution in [0.5, 0.6) is 5.88 Å². The molecule has 148 valence electrons. The van der Waals surface area contributed by atoms with E-state index in [1.165, 1.54) is 25.7 Å². The Morgan fingerprint density at radius 2 is 2.11 bits per heavy atom. The molecule has 2 aliphatic heterocycles. The Kier molecular flexibility index (Phi) is 6.12. The average molecular weight is 373 g/mol. The Labute approximate surface area is 162 Å². The van der Waals surface area contributed by atoms with Crippen LogP contribution in [0.25, 0.3) is 0 Å². The van der Waals surface area contributed by atoms with Gasteiger partial charge in [-0.3, -0.25) is 0 Å². The van der Waals surface area contributed by atoms with Crippen LogP contribution in [0.4, 0.5) is 0 Å². The number of ether oxygens (including phenoxy) is 2. The monoisotopic (exact) mass is 372 g/mol. The van der Waals surface area contributed by atoms with Gasteiger partial charge in [-0.15, -0.1) is 0 Å². The molecule has 6 heteroatoms. The fourth-order valence-electron chi connectivity index (χ4n) is 4.38. The van der Waals surface area contributed by atoms with Gasteiger partial charge in [0.15, 0.2) is 5.96 Å². The van der Waals surface area contributed by atoms with Crippen molar-refractivity contribution in [3.63, 3.8) is 0 Å². The third kappa shape index (κ3) is 4.92. The number of hydrogen-bond acceptors (Lipinski definition) is 4. The van der Waals surface area contributed by atoms with Crippen molar-refractivity contribution in [1.82, 2.24) is 15.6 Å². The molecule has 6 nitrogen and oxygen atoms in total. The van der Waals surface area contributed by atoms with Gasteiger partial charge in [-0.05, 0) is 57.4 Å². The summed E-state index contributed by atoms with van der Waals surface area (Å²) in [7, 11) is 0. The van der Waals surface area contributed by atoms with E-state index < -0.39 is 0 Å². The van der Waals surface area contributed by atoms with E-state index in [2.05, 4.69) is 28.6 Å². The zero-order chi connectivity index (χ0) is 18.5. The molecule has 3 heterocycles. The molecule has 0 radical (unpaired) electrons. The quantitative estimate of drug-likeness (QED) is 0.593. The molecule has 2 saturated heterocycles. The van der Waals surface area contributed by atoms with E-state index in [9.17, 15) is 0 Å². The largest absolute Gasteiger partial charge is 0.474 e. The van der Waals surface area contributed by atoms with Gasteiger partial charge in [0.1, 0.15) is 6.10 Å². The van der Waals surface area contributed by atoms with Gasteiger partial charge in [0.05, 0.1) is 24.8 Å². The molecule has 3 fully saturated rings. The molecule has 1 aromatic heterocycles. The Hall–Kier alpha value is -1.82. The maximum Gasteiger partial charge on any atom is 0.213 e. The first-order chi connectivity index (χ1) is 13.3. The Morgan fingerprint density at radius 1 is 1.22 bits per heavy atom. The Balaban J connectivity index is 1.30. The van der Waals surface area contributed by atoms with Crippen LogP contribution < -0.4 is 15.4 Å². The lowest BCUT2D eigenvalue weighted by molar-refractivity contribution is 0.0992. The summed E-state index contributed by atoms with van der Waals surface area (Å²) in [5.74, 6) is 1.60. The van der Waals surface area contributed by atoms with Gasteiger partial charge in [-0.1, -0.05) is 12.5 Å². The van der Waals surface area contributed by atoms with E-state index in [1.54, 1.807) is 0 Å². The molecule has 1 aromatic rings. The standard InChI is InChI=1S/C21H32N4O2/c1-2-22-21(25-18-12-17-9-10-19(18)26-17)24-14-15-8-11-20(23-13-15)27-16-6-4-3-5-7-16/h8,11,13,16-19H,2-7,9-10,12,14H2,1H3,(H2,22,24,25). The van der Waals surface area contributed by atoms with Crippen molar-refractivity contribution in [2.24, 2.45) is 4.99 Å². The van der Waals surface area contributed by atoms with Crippen LogP contribution in [0.2, 0.25) is 0 Å². The first-order valence-electron chi connectivity index (χ1n) is 10.6. The van der Waals surface area contributed by atoms with E-state index >= 15 is 0 Å². The van der Waals surface area contributed by atoms with Crippen LogP contribution in [-0.4, -0.2) is 41.8 Å². The van der Waals surface area contributed by atoms with Crippen LogP contribution in [-0.2, 0) is 11.3 Å². The second-order valence-corrected chi connectivity index (χ2v) is 7.94. The van der Waals surface area contributed by atoms with Crippen LogP contribution >= 0.6 is 0 Å². The van der Waals surface area contributed by atoms with E-state index in [-0.39, 0.29) is 0 Å². The number of guanidine groups is 1. The number of pyridine rings is 1. The summed E-state index contributed by atoms with van der Waals surface area (Å²) in [6.07, 6.45) is 12.6. The lowest BCUT2D eigenvalue weighted by Crippen LogP contribution is -2.47. The van der Waals surface area contributed by atoms with E-state index in [4.69, 9.17) is 14.5 Å². The minimum atomic E-state index is 0.337. The number of fused-ring (bicyclic) bond motifs is 2. The summed E-state index contributed by atoms with van der Waals surface area (Å²) >= 11 is 0. The average Bonchev–Trinajstić information content (AvgIpc) is 3.31. The highest BCUT2D eigenvalue weighted by atomic mass is 16.5. The van der Waals surface area contributed by atoms with Crippen LogP contribution in [0, 0.1) is 0 Å². The number of hydrogen-bond donors (Lipinski definition) is 2. The van der Waals surface area contributed by atoms with Crippen molar-refractivity contribution >= 4 is 5.96 Å². The predicted molar refractivity (Wildman–Crippen MR) is 106 cm³/mol. The molecule has 1 saturated carbocycles. The molecule has 3 aliphatic rings. The second kappa shape index (κ2) is 8.91. The highest BCUT2D eigenvalue weighted by Crippen LogP contribution is 2.34. The molecular weight excluding hydrogens is 340 g/mol. The molecule has 3 unspecified atom stereocenters. The zero-order valence-electron chi connectivity index (χ0n) is 16.3. The summed E-state index contributed by atoms with van der Waals surface area (Å²) in [6.45, 7) is 3.54. The summed E-state index contributed by atoms with van der Waals surface area (Å²) in [5.41, 5.74) is 1.09. The molecule has 2 bridgehead atoms. The Morgan fingerprint density at radius 3 is 2.78 bits per heavy atom. The topological polar surface area (TPSA) is 67.8 Å². The van der Waals surface area contributed by atoms with Crippen LogP contribution in [0.3, 0.4) is 0 Å². The summed E-state index contributed by atoms with van der Waals surface area (Å²) < 4.78 is 11.9.